The Bertz CT molecular complexity index is 405. The number of likely N-dealkylation sites (N-methyl/N-ethyl adjacent to an activating group) is 1. The lowest BCUT2D eigenvalue weighted by Gasteiger charge is -2.43. The van der Waals surface area contributed by atoms with Gasteiger partial charge in [-0.2, -0.15) is 0 Å². The SMILES string of the molecule is CN1C(c2ccccc2)C[C@H]2CCCC[C@]21CO. The maximum absolute atomic E-state index is 9.95. The molecule has 1 aliphatic carbocycles. The summed E-state index contributed by atoms with van der Waals surface area (Å²) in [5, 5.41) is 9.95. The molecule has 1 saturated heterocycles. The van der Waals surface area contributed by atoms with Crippen LogP contribution in [-0.4, -0.2) is 29.2 Å². The lowest BCUT2D eigenvalue weighted by Crippen LogP contribution is -2.51. The number of aliphatic hydroxyl groups excluding tert-OH is 1. The van der Waals surface area contributed by atoms with Crippen molar-refractivity contribution in [2.24, 2.45) is 5.92 Å². The molecule has 1 heterocycles. The van der Waals surface area contributed by atoms with E-state index in [2.05, 4.69) is 42.3 Å². The van der Waals surface area contributed by atoms with Crippen LogP contribution in [0.4, 0.5) is 0 Å². The maximum Gasteiger partial charge on any atom is 0.0618 e. The topological polar surface area (TPSA) is 23.5 Å². The Morgan fingerprint density at radius 3 is 2.72 bits per heavy atom. The first-order chi connectivity index (χ1) is 8.78. The van der Waals surface area contributed by atoms with Gasteiger partial charge in [-0.3, -0.25) is 4.90 Å². The molecule has 1 aromatic rings. The van der Waals surface area contributed by atoms with Gasteiger partial charge in [0.15, 0.2) is 0 Å². The summed E-state index contributed by atoms with van der Waals surface area (Å²) < 4.78 is 0. The summed E-state index contributed by atoms with van der Waals surface area (Å²) in [6, 6.07) is 11.3. The minimum absolute atomic E-state index is 0.0543. The van der Waals surface area contributed by atoms with Gasteiger partial charge < -0.3 is 5.11 Å². The van der Waals surface area contributed by atoms with Crippen LogP contribution in [-0.2, 0) is 0 Å². The normalized spacial score (nSPS) is 36.6. The Balaban J connectivity index is 1.92. The molecule has 3 atom stereocenters. The highest BCUT2D eigenvalue weighted by atomic mass is 16.3. The van der Waals surface area contributed by atoms with E-state index in [4.69, 9.17) is 0 Å². The number of rotatable bonds is 2. The zero-order valence-electron chi connectivity index (χ0n) is 11.2. The summed E-state index contributed by atoms with van der Waals surface area (Å²) in [5.41, 5.74) is 1.46. The summed E-state index contributed by atoms with van der Waals surface area (Å²) in [6.45, 7) is 0.317. The number of hydrogen-bond donors (Lipinski definition) is 1. The van der Waals surface area contributed by atoms with Crippen molar-refractivity contribution < 1.29 is 5.11 Å². The molecule has 0 radical (unpaired) electrons. The molecule has 1 aliphatic heterocycles. The molecular weight excluding hydrogens is 222 g/mol. The predicted octanol–water partition coefficient (Wildman–Crippen LogP) is 2.98. The summed E-state index contributed by atoms with van der Waals surface area (Å²) in [4.78, 5) is 2.46. The van der Waals surface area contributed by atoms with Crippen molar-refractivity contribution in [3.8, 4) is 0 Å². The van der Waals surface area contributed by atoms with Crippen LogP contribution in [0.3, 0.4) is 0 Å². The van der Waals surface area contributed by atoms with Crippen molar-refractivity contribution in [2.45, 2.75) is 43.7 Å². The quantitative estimate of drug-likeness (QED) is 0.866. The molecule has 1 N–H and O–H groups in total. The van der Waals surface area contributed by atoms with Crippen molar-refractivity contribution in [3.63, 3.8) is 0 Å². The molecule has 0 bridgehead atoms. The molecule has 2 aliphatic rings. The molecule has 1 unspecified atom stereocenters. The van der Waals surface area contributed by atoms with E-state index >= 15 is 0 Å². The standard InChI is InChI=1S/C16H23NO/c1-17-15(13-7-3-2-4-8-13)11-14-9-5-6-10-16(14,17)12-18/h2-4,7-8,14-15,18H,5-6,9-12H2,1H3/t14-,15?,16+/m1/s1. The van der Waals surface area contributed by atoms with E-state index in [9.17, 15) is 5.11 Å². The van der Waals surface area contributed by atoms with Gasteiger partial charge in [0.2, 0.25) is 0 Å². The van der Waals surface area contributed by atoms with Crippen LogP contribution in [0.25, 0.3) is 0 Å². The highest BCUT2D eigenvalue weighted by Crippen LogP contribution is 2.51. The fourth-order valence-electron chi connectivity index (χ4n) is 4.19. The van der Waals surface area contributed by atoms with Crippen LogP contribution >= 0.6 is 0 Å². The molecule has 0 aromatic heterocycles. The zero-order valence-corrected chi connectivity index (χ0v) is 11.2. The molecule has 98 valence electrons. The van der Waals surface area contributed by atoms with Gasteiger partial charge in [0.1, 0.15) is 0 Å². The molecule has 1 aromatic carbocycles. The number of nitrogens with zero attached hydrogens (tertiary/aromatic N) is 1. The Kier molecular flexibility index (Phi) is 3.16. The van der Waals surface area contributed by atoms with Gasteiger partial charge in [-0.25, -0.2) is 0 Å². The van der Waals surface area contributed by atoms with E-state index in [1.54, 1.807) is 0 Å². The molecule has 18 heavy (non-hydrogen) atoms. The summed E-state index contributed by atoms with van der Waals surface area (Å²) >= 11 is 0. The average Bonchev–Trinajstić information content (AvgIpc) is 2.74. The van der Waals surface area contributed by atoms with Crippen LogP contribution in [0.1, 0.15) is 43.7 Å². The van der Waals surface area contributed by atoms with E-state index in [0.29, 0.717) is 18.6 Å². The van der Waals surface area contributed by atoms with Crippen molar-refractivity contribution in [2.75, 3.05) is 13.7 Å². The average molecular weight is 245 g/mol. The minimum Gasteiger partial charge on any atom is -0.394 e. The molecular formula is C16H23NO. The van der Waals surface area contributed by atoms with Crippen LogP contribution < -0.4 is 0 Å². The second-order valence-corrected chi connectivity index (χ2v) is 5.98. The van der Waals surface area contributed by atoms with Crippen LogP contribution in [0, 0.1) is 5.92 Å². The highest BCUT2D eigenvalue weighted by molar-refractivity contribution is 5.23. The van der Waals surface area contributed by atoms with E-state index < -0.39 is 0 Å². The number of benzene rings is 1. The molecule has 2 fully saturated rings. The van der Waals surface area contributed by atoms with Gasteiger partial charge in [0.25, 0.3) is 0 Å². The maximum atomic E-state index is 9.95. The van der Waals surface area contributed by atoms with Crippen LogP contribution in [0.2, 0.25) is 0 Å². The van der Waals surface area contributed by atoms with Crippen molar-refractivity contribution in [1.29, 1.82) is 0 Å². The van der Waals surface area contributed by atoms with Gasteiger partial charge in [-0.1, -0.05) is 43.2 Å². The first kappa shape index (κ1) is 12.2. The van der Waals surface area contributed by atoms with Crippen molar-refractivity contribution in [1.82, 2.24) is 4.90 Å². The van der Waals surface area contributed by atoms with Crippen molar-refractivity contribution in [3.05, 3.63) is 35.9 Å². The summed E-state index contributed by atoms with van der Waals surface area (Å²) in [6.07, 6.45) is 6.26. The Morgan fingerprint density at radius 2 is 2.06 bits per heavy atom. The molecule has 0 spiro atoms. The van der Waals surface area contributed by atoms with Crippen molar-refractivity contribution >= 4 is 0 Å². The predicted molar refractivity (Wildman–Crippen MR) is 73.3 cm³/mol. The van der Waals surface area contributed by atoms with Gasteiger partial charge in [-0.05, 0) is 37.8 Å². The molecule has 2 nitrogen and oxygen atoms in total. The third kappa shape index (κ3) is 1.70. The number of aliphatic hydroxyl groups is 1. The smallest absolute Gasteiger partial charge is 0.0618 e. The van der Waals surface area contributed by atoms with Crippen LogP contribution in [0.5, 0.6) is 0 Å². The Labute approximate surface area is 110 Å². The largest absolute Gasteiger partial charge is 0.394 e. The number of hydrogen-bond acceptors (Lipinski definition) is 2. The van der Waals surface area contributed by atoms with Gasteiger partial charge >= 0.3 is 0 Å². The first-order valence-electron chi connectivity index (χ1n) is 7.17. The van der Waals surface area contributed by atoms with Crippen LogP contribution in [0.15, 0.2) is 30.3 Å². The summed E-state index contributed by atoms with van der Waals surface area (Å²) in [7, 11) is 2.21. The lowest BCUT2D eigenvalue weighted by atomic mass is 9.74. The number of fused-ring (bicyclic) bond motifs is 1. The number of likely N-dealkylation sites (tertiary alicyclic amines) is 1. The zero-order chi connectivity index (χ0) is 12.6. The van der Waals surface area contributed by atoms with Gasteiger partial charge in [0.05, 0.1) is 6.61 Å². The summed E-state index contributed by atoms with van der Waals surface area (Å²) in [5.74, 6) is 0.673. The Hall–Kier alpha value is -0.860. The fourth-order valence-corrected chi connectivity index (χ4v) is 4.19. The molecule has 3 rings (SSSR count). The van der Waals surface area contributed by atoms with E-state index in [-0.39, 0.29) is 5.54 Å². The highest BCUT2D eigenvalue weighted by Gasteiger charge is 2.51. The molecule has 0 amide bonds. The fraction of sp³-hybridized carbons (Fsp3) is 0.625. The van der Waals surface area contributed by atoms with E-state index in [1.807, 2.05) is 0 Å². The lowest BCUT2D eigenvalue weighted by molar-refractivity contribution is 0.0109. The van der Waals surface area contributed by atoms with E-state index in [1.165, 1.54) is 31.2 Å². The molecule has 1 saturated carbocycles. The second kappa shape index (κ2) is 4.67. The minimum atomic E-state index is 0.0543. The third-order valence-electron chi connectivity index (χ3n) is 5.31. The van der Waals surface area contributed by atoms with Gasteiger partial charge in [0, 0.05) is 11.6 Å². The van der Waals surface area contributed by atoms with E-state index in [0.717, 1.165) is 6.42 Å². The Morgan fingerprint density at radius 1 is 1.28 bits per heavy atom. The van der Waals surface area contributed by atoms with Gasteiger partial charge in [-0.15, -0.1) is 0 Å². The first-order valence-corrected chi connectivity index (χ1v) is 7.17. The second-order valence-electron chi connectivity index (χ2n) is 5.98. The molecule has 2 heteroatoms. The third-order valence-corrected chi connectivity index (χ3v) is 5.31. The monoisotopic (exact) mass is 245 g/mol.